The predicted octanol–water partition coefficient (Wildman–Crippen LogP) is 6.77. The van der Waals surface area contributed by atoms with Gasteiger partial charge in [-0.25, -0.2) is 0 Å². The molecule has 164 valence electrons. The first-order valence-electron chi connectivity index (χ1n) is 11.8. The monoisotopic (exact) mass is 396 g/mol. The summed E-state index contributed by atoms with van der Waals surface area (Å²) in [5, 5.41) is 20.0. The van der Waals surface area contributed by atoms with Gasteiger partial charge in [0.15, 0.2) is 0 Å². The lowest BCUT2D eigenvalue weighted by atomic mass is 9.57. The van der Waals surface area contributed by atoms with Gasteiger partial charge in [0.2, 0.25) is 0 Å². The van der Waals surface area contributed by atoms with E-state index < -0.39 is 17.4 Å². The maximum Gasteiger partial charge on any atom is 0.309 e. The van der Waals surface area contributed by atoms with Crippen molar-refractivity contribution in [3.05, 3.63) is 0 Å². The third-order valence-corrected chi connectivity index (χ3v) is 7.42. The summed E-state index contributed by atoms with van der Waals surface area (Å²) >= 11 is 0. The number of carboxylic acid groups (broad SMARTS) is 2. The van der Waals surface area contributed by atoms with Crippen molar-refractivity contribution in [2.45, 2.75) is 111 Å². The van der Waals surface area contributed by atoms with Crippen LogP contribution in [0.25, 0.3) is 0 Å². The van der Waals surface area contributed by atoms with E-state index in [0.717, 1.165) is 57.8 Å². The second-order valence-electron chi connectivity index (χ2n) is 9.24. The van der Waals surface area contributed by atoms with Crippen molar-refractivity contribution < 1.29 is 19.8 Å². The van der Waals surface area contributed by atoms with Crippen LogP contribution in [0.4, 0.5) is 0 Å². The average molecular weight is 397 g/mol. The smallest absolute Gasteiger partial charge is 0.309 e. The first-order chi connectivity index (χ1) is 13.3. The van der Waals surface area contributed by atoms with Gasteiger partial charge < -0.3 is 10.2 Å². The number of aliphatic carboxylic acids is 2. The zero-order valence-corrected chi connectivity index (χ0v) is 18.7. The first-order valence-corrected chi connectivity index (χ1v) is 11.8. The van der Waals surface area contributed by atoms with Crippen molar-refractivity contribution in [1.82, 2.24) is 0 Å². The topological polar surface area (TPSA) is 74.6 Å². The van der Waals surface area contributed by atoms with Crippen molar-refractivity contribution in [2.75, 3.05) is 0 Å². The van der Waals surface area contributed by atoms with E-state index in [1.165, 1.54) is 6.42 Å². The van der Waals surface area contributed by atoms with Gasteiger partial charge in [-0.3, -0.25) is 9.59 Å². The molecular weight excluding hydrogens is 352 g/mol. The maximum absolute atomic E-state index is 12.6. The molecule has 0 aromatic heterocycles. The van der Waals surface area contributed by atoms with E-state index in [1.807, 2.05) is 0 Å². The zero-order valence-electron chi connectivity index (χ0n) is 18.7. The number of unbranched alkanes of at least 4 members (excludes halogenated alkanes) is 2. The summed E-state index contributed by atoms with van der Waals surface area (Å²) in [5.74, 6) is -0.887. The van der Waals surface area contributed by atoms with Crippen LogP contribution in [0.15, 0.2) is 0 Å². The highest BCUT2D eigenvalue weighted by Gasteiger charge is 2.51. The summed E-state index contributed by atoms with van der Waals surface area (Å²) in [6.45, 7) is 8.73. The molecule has 1 rings (SSSR count). The lowest BCUT2D eigenvalue weighted by Gasteiger charge is -2.46. The van der Waals surface area contributed by atoms with Crippen molar-refractivity contribution in [1.29, 1.82) is 0 Å². The lowest BCUT2D eigenvalue weighted by Crippen LogP contribution is -2.46. The molecule has 1 aliphatic carbocycles. The fourth-order valence-corrected chi connectivity index (χ4v) is 5.35. The summed E-state index contributed by atoms with van der Waals surface area (Å²) in [6, 6.07) is 0. The number of hydrogen-bond donors (Lipinski definition) is 2. The Hall–Kier alpha value is -1.06. The Morgan fingerprint density at radius 1 is 0.964 bits per heavy atom. The molecule has 0 spiro atoms. The summed E-state index contributed by atoms with van der Waals surface area (Å²) in [6.07, 6.45) is 12.0. The van der Waals surface area contributed by atoms with Crippen LogP contribution >= 0.6 is 0 Å². The zero-order chi connectivity index (χ0) is 21.2. The Balaban J connectivity index is 3.11. The minimum absolute atomic E-state index is 0.0164. The molecule has 0 amide bonds. The third kappa shape index (κ3) is 6.77. The molecule has 0 radical (unpaired) electrons. The summed E-state index contributed by atoms with van der Waals surface area (Å²) in [7, 11) is 0. The standard InChI is InChI=1S/C24H44O4/c1-5-9-11-18(7-3)15-21-16-20(22(25)26)13-14-24(21,23(27)28)17-19(8-4)12-10-6-2/h18-21H,5-17H2,1-4H3,(H,25,26)(H,27,28). The summed E-state index contributed by atoms with van der Waals surface area (Å²) < 4.78 is 0. The molecule has 1 saturated carbocycles. The minimum Gasteiger partial charge on any atom is -0.481 e. The summed E-state index contributed by atoms with van der Waals surface area (Å²) in [5.41, 5.74) is -0.736. The molecule has 1 aliphatic rings. The average Bonchev–Trinajstić information content (AvgIpc) is 2.68. The Kier molecular flexibility index (Phi) is 11.1. The number of carbonyl (C=O) groups is 2. The van der Waals surface area contributed by atoms with Crippen LogP contribution in [0, 0.1) is 29.1 Å². The maximum atomic E-state index is 12.6. The van der Waals surface area contributed by atoms with E-state index in [2.05, 4.69) is 27.7 Å². The van der Waals surface area contributed by atoms with Gasteiger partial charge in [0, 0.05) is 0 Å². The van der Waals surface area contributed by atoms with Gasteiger partial charge in [-0.1, -0.05) is 79.1 Å². The Morgan fingerprint density at radius 2 is 1.54 bits per heavy atom. The Labute approximate surface area is 172 Å². The normalized spacial score (nSPS) is 27.3. The second kappa shape index (κ2) is 12.5. The van der Waals surface area contributed by atoms with Gasteiger partial charge in [-0.2, -0.15) is 0 Å². The molecule has 0 saturated heterocycles. The van der Waals surface area contributed by atoms with Crippen LogP contribution in [-0.2, 0) is 9.59 Å². The molecule has 2 N–H and O–H groups in total. The largest absolute Gasteiger partial charge is 0.481 e. The molecule has 1 fully saturated rings. The fraction of sp³-hybridized carbons (Fsp3) is 0.917. The molecule has 0 heterocycles. The SMILES string of the molecule is CCCCC(CC)CC1CC(C(=O)O)CCC1(CC(CC)CCCC)C(=O)O. The number of rotatable bonds is 14. The van der Waals surface area contributed by atoms with Gasteiger partial charge in [0.1, 0.15) is 0 Å². The lowest BCUT2D eigenvalue weighted by molar-refractivity contribution is -0.163. The molecular formula is C24H44O4. The van der Waals surface area contributed by atoms with Gasteiger partial charge in [-0.15, -0.1) is 0 Å². The highest BCUT2D eigenvalue weighted by molar-refractivity contribution is 5.76. The molecule has 4 nitrogen and oxygen atoms in total. The quantitative estimate of drug-likeness (QED) is 0.340. The highest BCUT2D eigenvalue weighted by atomic mass is 16.4. The molecule has 0 aliphatic heterocycles. The van der Waals surface area contributed by atoms with Gasteiger partial charge in [-0.05, 0) is 49.9 Å². The number of carboxylic acids is 2. The van der Waals surface area contributed by atoms with Gasteiger partial charge in [0.05, 0.1) is 11.3 Å². The Bertz CT molecular complexity index is 475. The molecule has 0 aromatic rings. The van der Waals surface area contributed by atoms with E-state index in [1.54, 1.807) is 0 Å². The van der Waals surface area contributed by atoms with Crippen LogP contribution < -0.4 is 0 Å². The van der Waals surface area contributed by atoms with Crippen molar-refractivity contribution in [2.24, 2.45) is 29.1 Å². The first kappa shape index (κ1) is 25.0. The minimum atomic E-state index is -0.747. The second-order valence-corrected chi connectivity index (χ2v) is 9.24. The van der Waals surface area contributed by atoms with Crippen molar-refractivity contribution in [3.8, 4) is 0 Å². The van der Waals surface area contributed by atoms with Crippen LogP contribution in [-0.4, -0.2) is 22.2 Å². The van der Waals surface area contributed by atoms with Crippen molar-refractivity contribution >= 4 is 11.9 Å². The van der Waals surface area contributed by atoms with E-state index in [0.29, 0.717) is 31.1 Å². The molecule has 5 atom stereocenters. The molecule has 0 aromatic carbocycles. The van der Waals surface area contributed by atoms with E-state index in [-0.39, 0.29) is 11.8 Å². The van der Waals surface area contributed by atoms with E-state index in [9.17, 15) is 19.8 Å². The van der Waals surface area contributed by atoms with Gasteiger partial charge >= 0.3 is 11.9 Å². The Morgan fingerprint density at radius 3 is 2.00 bits per heavy atom. The van der Waals surface area contributed by atoms with Crippen LogP contribution in [0.1, 0.15) is 111 Å². The molecule has 4 heteroatoms. The van der Waals surface area contributed by atoms with Crippen molar-refractivity contribution in [3.63, 3.8) is 0 Å². The molecule has 5 unspecified atom stereocenters. The van der Waals surface area contributed by atoms with Crippen LogP contribution in [0.3, 0.4) is 0 Å². The van der Waals surface area contributed by atoms with Crippen LogP contribution in [0.2, 0.25) is 0 Å². The van der Waals surface area contributed by atoms with E-state index in [4.69, 9.17) is 0 Å². The molecule has 28 heavy (non-hydrogen) atoms. The predicted molar refractivity (Wildman–Crippen MR) is 114 cm³/mol. The summed E-state index contributed by atoms with van der Waals surface area (Å²) in [4.78, 5) is 24.3. The fourth-order valence-electron chi connectivity index (χ4n) is 5.35. The molecule has 0 bridgehead atoms. The van der Waals surface area contributed by atoms with Crippen LogP contribution in [0.5, 0.6) is 0 Å². The third-order valence-electron chi connectivity index (χ3n) is 7.42. The van der Waals surface area contributed by atoms with Gasteiger partial charge in [0.25, 0.3) is 0 Å². The number of hydrogen-bond acceptors (Lipinski definition) is 2. The van der Waals surface area contributed by atoms with E-state index >= 15 is 0 Å². The highest BCUT2D eigenvalue weighted by Crippen LogP contribution is 2.52.